The van der Waals surface area contributed by atoms with Crippen molar-refractivity contribution in [3.05, 3.63) is 12.5 Å². The first-order chi connectivity index (χ1) is 4.61. The number of hydrogen-bond donors (Lipinski definition) is 0. The third-order valence-corrected chi connectivity index (χ3v) is 3.01. The van der Waals surface area contributed by atoms with Crippen LogP contribution < -0.4 is 5.32 Å². The second-order valence-corrected chi connectivity index (χ2v) is 8.26. The standard InChI is InChI=1S/C6H11N3Si/c1-10(2,3)6-4-7-5-8-9-6/h4-5H,1-3H3. The highest BCUT2D eigenvalue weighted by Gasteiger charge is 2.18. The Labute approximate surface area is 61.5 Å². The zero-order valence-electron chi connectivity index (χ0n) is 6.50. The Balaban J connectivity index is 2.97. The molecule has 0 aliphatic carbocycles. The Morgan fingerprint density at radius 1 is 1.30 bits per heavy atom. The summed E-state index contributed by atoms with van der Waals surface area (Å²) in [6, 6.07) is 0. The van der Waals surface area contributed by atoms with Crippen molar-refractivity contribution in [2.24, 2.45) is 0 Å². The van der Waals surface area contributed by atoms with E-state index >= 15 is 0 Å². The van der Waals surface area contributed by atoms with Crippen molar-refractivity contribution in [2.45, 2.75) is 19.6 Å². The van der Waals surface area contributed by atoms with E-state index < -0.39 is 8.07 Å². The van der Waals surface area contributed by atoms with E-state index in [0.29, 0.717) is 0 Å². The molecule has 0 saturated heterocycles. The van der Waals surface area contributed by atoms with Gasteiger partial charge >= 0.3 is 0 Å². The quantitative estimate of drug-likeness (QED) is 0.549. The average Bonchev–Trinajstić information content (AvgIpc) is 1.88. The monoisotopic (exact) mass is 153 g/mol. The molecular weight excluding hydrogens is 142 g/mol. The zero-order chi connectivity index (χ0) is 7.61. The third kappa shape index (κ3) is 1.60. The van der Waals surface area contributed by atoms with Crippen molar-refractivity contribution in [3.63, 3.8) is 0 Å². The van der Waals surface area contributed by atoms with Crippen molar-refractivity contribution in [3.8, 4) is 0 Å². The van der Waals surface area contributed by atoms with Crippen LogP contribution in [0.3, 0.4) is 0 Å². The van der Waals surface area contributed by atoms with Crippen LogP contribution >= 0.6 is 0 Å². The molecule has 0 aliphatic heterocycles. The van der Waals surface area contributed by atoms with Crippen LogP contribution in [0, 0.1) is 0 Å². The summed E-state index contributed by atoms with van der Waals surface area (Å²) in [4.78, 5) is 3.91. The molecule has 0 spiro atoms. The van der Waals surface area contributed by atoms with Gasteiger partial charge in [0.15, 0.2) is 0 Å². The maximum absolute atomic E-state index is 4.00. The molecule has 1 aromatic heterocycles. The van der Waals surface area contributed by atoms with E-state index in [4.69, 9.17) is 0 Å². The highest BCUT2D eigenvalue weighted by molar-refractivity contribution is 6.87. The van der Waals surface area contributed by atoms with E-state index in [2.05, 4.69) is 34.8 Å². The Hall–Kier alpha value is -0.773. The van der Waals surface area contributed by atoms with Crippen LogP contribution in [-0.2, 0) is 0 Å². The van der Waals surface area contributed by atoms with Crippen molar-refractivity contribution in [2.75, 3.05) is 0 Å². The number of nitrogens with zero attached hydrogens (tertiary/aromatic N) is 3. The van der Waals surface area contributed by atoms with E-state index in [9.17, 15) is 0 Å². The largest absolute Gasteiger partial charge is 0.241 e. The molecule has 0 radical (unpaired) electrons. The first-order valence-electron chi connectivity index (χ1n) is 3.24. The van der Waals surface area contributed by atoms with E-state index in [1.54, 1.807) is 6.20 Å². The molecule has 1 aromatic rings. The summed E-state index contributed by atoms with van der Waals surface area (Å²) in [6.45, 7) is 6.66. The Morgan fingerprint density at radius 2 is 2.00 bits per heavy atom. The molecule has 0 unspecified atom stereocenters. The predicted octanol–water partition coefficient (Wildman–Crippen LogP) is 0.417. The highest BCUT2D eigenvalue weighted by Crippen LogP contribution is 1.96. The SMILES string of the molecule is C[Si](C)(C)c1cncnn1. The fourth-order valence-electron chi connectivity index (χ4n) is 0.591. The lowest BCUT2D eigenvalue weighted by Gasteiger charge is -2.11. The van der Waals surface area contributed by atoms with Gasteiger partial charge in [-0.15, -0.1) is 5.10 Å². The van der Waals surface area contributed by atoms with Gasteiger partial charge in [-0.2, -0.15) is 5.10 Å². The van der Waals surface area contributed by atoms with Crippen molar-refractivity contribution in [1.29, 1.82) is 0 Å². The molecule has 3 nitrogen and oxygen atoms in total. The summed E-state index contributed by atoms with van der Waals surface area (Å²) >= 11 is 0. The molecule has 0 fully saturated rings. The molecule has 0 bridgehead atoms. The lowest BCUT2D eigenvalue weighted by atomic mass is 10.9. The van der Waals surface area contributed by atoms with Crippen LogP contribution in [0.5, 0.6) is 0 Å². The van der Waals surface area contributed by atoms with Gasteiger partial charge in [0.25, 0.3) is 0 Å². The molecule has 1 rings (SSSR count). The Morgan fingerprint density at radius 3 is 2.30 bits per heavy atom. The van der Waals surface area contributed by atoms with Gasteiger partial charge in [0.05, 0.1) is 5.32 Å². The molecule has 0 N–H and O–H groups in total. The maximum atomic E-state index is 4.00. The number of hydrogen-bond acceptors (Lipinski definition) is 3. The smallest absolute Gasteiger partial charge is 0.137 e. The van der Waals surface area contributed by atoms with Crippen LogP contribution in [0.1, 0.15) is 0 Å². The van der Waals surface area contributed by atoms with Crippen LogP contribution in [0.4, 0.5) is 0 Å². The lowest BCUT2D eigenvalue weighted by Crippen LogP contribution is -2.40. The van der Waals surface area contributed by atoms with Gasteiger partial charge in [0.2, 0.25) is 0 Å². The molecule has 0 amide bonds. The average molecular weight is 153 g/mol. The molecule has 0 aromatic carbocycles. The molecule has 0 aliphatic rings. The van der Waals surface area contributed by atoms with E-state index in [-0.39, 0.29) is 0 Å². The fraction of sp³-hybridized carbons (Fsp3) is 0.500. The molecule has 54 valence electrons. The summed E-state index contributed by atoms with van der Waals surface area (Å²) in [5, 5.41) is 8.79. The van der Waals surface area contributed by atoms with Crippen LogP contribution in [-0.4, -0.2) is 23.3 Å². The van der Waals surface area contributed by atoms with Crippen molar-refractivity contribution in [1.82, 2.24) is 15.2 Å². The Kier molecular flexibility index (Phi) is 1.80. The molecule has 4 heteroatoms. The second-order valence-electron chi connectivity index (χ2n) is 3.24. The fourth-order valence-corrected chi connectivity index (χ4v) is 1.41. The topological polar surface area (TPSA) is 38.7 Å². The summed E-state index contributed by atoms with van der Waals surface area (Å²) in [7, 11) is -1.27. The van der Waals surface area contributed by atoms with E-state index in [1.165, 1.54) is 6.33 Å². The van der Waals surface area contributed by atoms with E-state index in [0.717, 1.165) is 5.32 Å². The first kappa shape index (κ1) is 7.34. The second kappa shape index (κ2) is 2.46. The zero-order valence-corrected chi connectivity index (χ0v) is 7.50. The van der Waals surface area contributed by atoms with Gasteiger partial charge in [-0.3, -0.25) is 0 Å². The van der Waals surface area contributed by atoms with Gasteiger partial charge < -0.3 is 0 Å². The Bertz CT molecular complexity index is 204. The maximum Gasteiger partial charge on any atom is 0.137 e. The number of aromatic nitrogens is 3. The third-order valence-electron chi connectivity index (χ3n) is 1.25. The molecule has 10 heavy (non-hydrogen) atoms. The molecule has 0 atom stereocenters. The summed E-state index contributed by atoms with van der Waals surface area (Å²) in [6.07, 6.45) is 3.27. The summed E-state index contributed by atoms with van der Waals surface area (Å²) in [5.41, 5.74) is 0. The molecule has 0 saturated carbocycles. The summed E-state index contributed by atoms with van der Waals surface area (Å²) in [5.74, 6) is 0. The van der Waals surface area contributed by atoms with E-state index in [1.807, 2.05) is 0 Å². The van der Waals surface area contributed by atoms with Gasteiger partial charge in [-0.25, -0.2) is 4.98 Å². The van der Waals surface area contributed by atoms with Gasteiger partial charge in [-0.1, -0.05) is 19.6 Å². The lowest BCUT2D eigenvalue weighted by molar-refractivity contribution is 0.990. The van der Waals surface area contributed by atoms with Crippen molar-refractivity contribution >= 4 is 13.4 Å². The first-order valence-corrected chi connectivity index (χ1v) is 6.74. The van der Waals surface area contributed by atoms with Crippen molar-refractivity contribution < 1.29 is 0 Å². The molecule has 1 heterocycles. The van der Waals surface area contributed by atoms with Crippen LogP contribution in [0.25, 0.3) is 0 Å². The van der Waals surface area contributed by atoms with Crippen LogP contribution in [0.15, 0.2) is 12.5 Å². The summed E-state index contributed by atoms with van der Waals surface area (Å²) < 4.78 is 0. The van der Waals surface area contributed by atoms with Crippen LogP contribution in [0.2, 0.25) is 19.6 Å². The molecular formula is C6H11N3Si. The minimum absolute atomic E-state index is 1.06. The minimum Gasteiger partial charge on any atom is -0.241 e. The normalized spacial score (nSPS) is 11.5. The predicted molar refractivity (Wildman–Crippen MR) is 42.8 cm³/mol. The number of rotatable bonds is 1. The highest BCUT2D eigenvalue weighted by atomic mass is 28.3. The minimum atomic E-state index is -1.27. The van der Waals surface area contributed by atoms with Gasteiger partial charge in [-0.05, 0) is 0 Å². The van der Waals surface area contributed by atoms with Gasteiger partial charge in [0, 0.05) is 6.20 Å². The van der Waals surface area contributed by atoms with Gasteiger partial charge in [0.1, 0.15) is 14.4 Å².